The number of benzene rings is 3. The number of aryl methyl sites for hydroxylation is 1. The molecule has 2 saturated heterocycles. The lowest BCUT2D eigenvalue weighted by Gasteiger charge is -2.35. The van der Waals surface area contributed by atoms with E-state index in [9.17, 15) is 14.4 Å². The minimum atomic E-state index is -0.408. The summed E-state index contributed by atoms with van der Waals surface area (Å²) in [6.45, 7) is 7.26. The molecule has 0 aliphatic carbocycles. The van der Waals surface area contributed by atoms with Crippen molar-refractivity contribution < 1.29 is 14.4 Å². The number of piperazine rings is 1. The number of aromatic nitrogens is 3. The Bertz CT molecular complexity index is 2050. The van der Waals surface area contributed by atoms with E-state index < -0.39 is 6.04 Å². The number of nitrogens with one attached hydrogen (secondary N) is 4. The lowest BCUT2D eigenvalue weighted by molar-refractivity contribution is -0.133. The van der Waals surface area contributed by atoms with Crippen LogP contribution in [-0.2, 0) is 22.7 Å². The Morgan fingerprint density at radius 1 is 0.865 bits per heavy atom. The number of piperidine rings is 1. The molecule has 0 saturated carbocycles. The highest BCUT2D eigenvalue weighted by atomic mass is 16.2. The first-order valence-electron chi connectivity index (χ1n) is 17.5. The maximum absolute atomic E-state index is 13.2. The Morgan fingerprint density at radius 2 is 1.65 bits per heavy atom. The van der Waals surface area contributed by atoms with Gasteiger partial charge in [-0.2, -0.15) is 0 Å². The zero-order valence-corrected chi connectivity index (χ0v) is 29.0. The first-order valence-corrected chi connectivity index (χ1v) is 17.5. The highest BCUT2D eigenvalue weighted by Gasteiger charge is 2.27. The molecule has 0 spiro atoms. The summed E-state index contributed by atoms with van der Waals surface area (Å²) in [4.78, 5) is 55.1. The van der Waals surface area contributed by atoms with Crippen LogP contribution in [0.25, 0.3) is 11.3 Å². The van der Waals surface area contributed by atoms with Crippen LogP contribution in [0.2, 0.25) is 0 Å². The predicted molar refractivity (Wildman–Crippen MR) is 201 cm³/mol. The zero-order chi connectivity index (χ0) is 35.9. The Labute approximate surface area is 302 Å². The fourth-order valence-corrected chi connectivity index (χ4v) is 6.44. The summed E-state index contributed by atoms with van der Waals surface area (Å²) in [7, 11) is 0. The van der Waals surface area contributed by atoms with Crippen LogP contribution in [-0.4, -0.2) is 74.7 Å². The predicted octanol–water partition coefficient (Wildman–Crippen LogP) is 5.38. The summed E-state index contributed by atoms with van der Waals surface area (Å²) in [5.74, 6) is -0.210. The Kier molecular flexibility index (Phi) is 10.6. The van der Waals surface area contributed by atoms with Crippen molar-refractivity contribution in [3.05, 3.63) is 126 Å². The van der Waals surface area contributed by atoms with Crippen molar-refractivity contribution in [1.82, 2.24) is 30.1 Å². The van der Waals surface area contributed by atoms with Crippen molar-refractivity contribution in [1.29, 1.82) is 0 Å². The van der Waals surface area contributed by atoms with Crippen LogP contribution in [0, 0.1) is 6.92 Å². The molecule has 12 nitrogen and oxygen atoms in total. The molecule has 3 amide bonds. The number of pyridine rings is 1. The third-order valence-corrected chi connectivity index (χ3v) is 9.42. The SMILES string of the molecule is Cc1ccc(NC(=O)c2ccc(CN3CCN(Cc4ccccc4NC4CCC(=O)NC4=O)CC3)cc2)cc1Nc1nccc(-c2cccnc2)n1. The molecule has 12 heteroatoms. The van der Waals surface area contributed by atoms with Gasteiger partial charge < -0.3 is 16.0 Å². The number of imide groups is 1. The van der Waals surface area contributed by atoms with Gasteiger partial charge in [-0.25, -0.2) is 9.97 Å². The lowest BCUT2D eigenvalue weighted by atomic mass is 10.0. The zero-order valence-electron chi connectivity index (χ0n) is 29.0. The number of carbonyl (C=O) groups is 3. The molecule has 4 N–H and O–H groups in total. The molecule has 5 aromatic rings. The molecule has 2 aliphatic rings. The third kappa shape index (κ3) is 8.66. The molecule has 0 radical (unpaired) electrons. The number of anilines is 4. The summed E-state index contributed by atoms with van der Waals surface area (Å²) >= 11 is 0. The maximum Gasteiger partial charge on any atom is 0.255 e. The second-order valence-electron chi connectivity index (χ2n) is 13.2. The van der Waals surface area contributed by atoms with Crippen molar-refractivity contribution >= 4 is 40.7 Å². The molecule has 264 valence electrons. The fourth-order valence-electron chi connectivity index (χ4n) is 6.44. The molecule has 2 fully saturated rings. The van der Waals surface area contributed by atoms with E-state index in [1.165, 1.54) is 0 Å². The normalized spacial score (nSPS) is 16.6. The van der Waals surface area contributed by atoms with Crippen LogP contribution in [0.5, 0.6) is 0 Å². The first kappa shape index (κ1) is 34.5. The summed E-state index contributed by atoms with van der Waals surface area (Å²) in [6, 6.07) is 26.8. The van der Waals surface area contributed by atoms with Crippen LogP contribution in [0.1, 0.15) is 39.9 Å². The third-order valence-electron chi connectivity index (χ3n) is 9.42. The Morgan fingerprint density at radius 3 is 2.42 bits per heavy atom. The topological polar surface area (TPSA) is 144 Å². The van der Waals surface area contributed by atoms with Crippen molar-refractivity contribution in [2.75, 3.05) is 42.1 Å². The van der Waals surface area contributed by atoms with Crippen molar-refractivity contribution in [2.24, 2.45) is 0 Å². The molecule has 0 bridgehead atoms. The number of amides is 3. The smallest absolute Gasteiger partial charge is 0.255 e. The number of para-hydroxylation sites is 1. The van der Waals surface area contributed by atoms with Gasteiger partial charge >= 0.3 is 0 Å². The summed E-state index contributed by atoms with van der Waals surface area (Å²) in [5, 5.41) is 12.1. The molecule has 1 atom stereocenters. The van der Waals surface area contributed by atoms with E-state index in [0.29, 0.717) is 30.0 Å². The molecule has 7 rings (SSSR count). The standard InChI is InChI=1S/C40H41N9O3/c1-27-8-13-32(23-36(27)46-40-42-18-16-34(45-40)30-6-4-17-41-24-30)43-38(51)29-11-9-28(10-12-29)25-48-19-21-49(22-20-48)26-31-5-2-3-7-33(31)44-35-14-15-37(50)47-39(35)52/h2-13,16-18,23-24,35,44H,14-15,19-22,25-26H2,1H3,(H,43,51)(H,42,45,46)(H,47,50,52). The van der Waals surface area contributed by atoms with Crippen LogP contribution in [0.4, 0.5) is 23.0 Å². The monoisotopic (exact) mass is 695 g/mol. The molecule has 3 aromatic carbocycles. The highest BCUT2D eigenvalue weighted by Crippen LogP contribution is 2.25. The maximum atomic E-state index is 13.2. The van der Waals surface area contributed by atoms with Gasteiger partial charge in [0.2, 0.25) is 17.8 Å². The van der Waals surface area contributed by atoms with Gasteiger partial charge in [-0.15, -0.1) is 0 Å². The largest absolute Gasteiger partial charge is 0.373 e. The number of carbonyl (C=O) groups excluding carboxylic acids is 3. The number of hydrogen-bond donors (Lipinski definition) is 4. The second-order valence-corrected chi connectivity index (χ2v) is 13.2. The van der Waals surface area contributed by atoms with Gasteiger partial charge in [0.05, 0.1) is 5.69 Å². The van der Waals surface area contributed by atoms with E-state index in [2.05, 4.69) is 52.1 Å². The summed E-state index contributed by atoms with van der Waals surface area (Å²) in [6.07, 6.45) is 6.03. The Balaban J connectivity index is 0.898. The lowest BCUT2D eigenvalue weighted by Crippen LogP contribution is -2.47. The van der Waals surface area contributed by atoms with E-state index in [0.717, 1.165) is 78.6 Å². The minimum absolute atomic E-state index is 0.183. The number of nitrogens with zero attached hydrogens (tertiary/aromatic N) is 5. The van der Waals surface area contributed by atoms with Crippen molar-refractivity contribution in [3.8, 4) is 11.3 Å². The van der Waals surface area contributed by atoms with Crippen LogP contribution >= 0.6 is 0 Å². The van der Waals surface area contributed by atoms with Crippen LogP contribution in [0.15, 0.2) is 104 Å². The van der Waals surface area contributed by atoms with Crippen LogP contribution < -0.4 is 21.3 Å². The van der Waals surface area contributed by atoms with Gasteiger partial charge in [0.15, 0.2) is 0 Å². The molecule has 2 aromatic heterocycles. The van der Waals surface area contributed by atoms with Gasteiger partial charge in [-0.3, -0.25) is 34.5 Å². The quantitative estimate of drug-likeness (QED) is 0.133. The molecule has 52 heavy (non-hydrogen) atoms. The second kappa shape index (κ2) is 15.9. The van der Waals surface area contributed by atoms with Gasteiger partial charge in [-0.1, -0.05) is 36.4 Å². The van der Waals surface area contributed by atoms with Crippen molar-refractivity contribution in [2.45, 2.75) is 38.9 Å². The van der Waals surface area contributed by atoms with E-state index in [1.54, 1.807) is 18.6 Å². The molecule has 1 unspecified atom stereocenters. The van der Waals surface area contributed by atoms with E-state index in [4.69, 9.17) is 0 Å². The number of hydrogen-bond acceptors (Lipinski definition) is 10. The number of rotatable bonds is 11. The van der Waals surface area contributed by atoms with Crippen LogP contribution in [0.3, 0.4) is 0 Å². The highest BCUT2D eigenvalue weighted by molar-refractivity contribution is 6.04. The van der Waals surface area contributed by atoms with E-state index in [-0.39, 0.29) is 17.7 Å². The molecule has 2 aliphatic heterocycles. The van der Waals surface area contributed by atoms with Crippen molar-refractivity contribution in [3.63, 3.8) is 0 Å². The van der Waals surface area contributed by atoms with Gasteiger partial charge in [-0.05, 0) is 78.6 Å². The Hall–Kier alpha value is -5.98. The molecular weight excluding hydrogens is 654 g/mol. The van der Waals surface area contributed by atoms with E-state index >= 15 is 0 Å². The summed E-state index contributed by atoms with van der Waals surface area (Å²) < 4.78 is 0. The average Bonchev–Trinajstić information content (AvgIpc) is 3.16. The first-order chi connectivity index (χ1) is 25.4. The molecular formula is C40H41N9O3. The molecule has 4 heterocycles. The van der Waals surface area contributed by atoms with Gasteiger partial charge in [0.25, 0.3) is 5.91 Å². The average molecular weight is 696 g/mol. The van der Waals surface area contributed by atoms with E-state index in [1.807, 2.05) is 85.8 Å². The van der Waals surface area contributed by atoms with Gasteiger partial charge in [0.1, 0.15) is 6.04 Å². The fraction of sp³-hybridized carbons (Fsp3) is 0.250. The minimum Gasteiger partial charge on any atom is -0.373 e. The van der Waals surface area contributed by atoms with Gasteiger partial charge in [0, 0.05) is 92.5 Å². The summed E-state index contributed by atoms with van der Waals surface area (Å²) in [5.41, 5.74) is 7.91.